The number of carbonyl (C=O) groups is 2. The molecule has 3 heterocycles. The molecule has 45 heavy (non-hydrogen) atoms. The van der Waals surface area contributed by atoms with Crippen LogP contribution < -0.4 is 4.72 Å². The Morgan fingerprint density at radius 1 is 1.00 bits per heavy atom. The van der Waals surface area contributed by atoms with E-state index in [1.54, 1.807) is 38.1 Å². The van der Waals surface area contributed by atoms with Crippen LogP contribution in [0, 0.1) is 13.8 Å². The molecule has 1 saturated heterocycles. The maximum absolute atomic E-state index is 13.8. The molecule has 1 spiro atoms. The van der Waals surface area contributed by atoms with Gasteiger partial charge in [-0.1, -0.05) is 67.7 Å². The fourth-order valence-corrected chi connectivity index (χ4v) is 7.98. The summed E-state index contributed by atoms with van der Waals surface area (Å²) < 4.78 is 35.3. The zero-order chi connectivity index (χ0) is 31.8. The molecule has 1 saturated carbocycles. The normalized spacial score (nSPS) is 18.0. The van der Waals surface area contributed by atoms with Gasteiger partial charge >= 0.3 is 0 Å². The zero-order valence-corrected chi connectivity index (χ0v) is 27.1. The monoisotopic (exact) mass is 631 g/mol. The summed E-state index contributed by atoms with van der Waals surface area (Å²) in [6.07, 6.45) is 7.66. The Balaban J connectivity index is 1.37. The second-order valence-electron chi connectivity index (χ2n) is 12.5. The van der Waals surface area contributed by atoms with Gasteiger partial charge in [-0.3, -0.25) is 19.5 Å². The highest BCUT2D eigenvalue weighted by atomic mass is 32.2. The van der Waals surface area contributed by atoms with Crippen molar-refractivity contribution in [3.05, 3.63) is 64.8 Å². The number of aryl methyl sites for hydroxylation is 1. The van der Waals surface area contributed by atoms with E-state index in [-0.39, 0.29) is 22.6 Å². The third kappa shape index (κ3) is 6.02. The van der Waals surface area contributed by atoms with Gasteiger partial charge in [-0.2, -0.15) is 0 Å². The number of carbonyl (C=O) groups excluding carboxylic acids is 2. The van der Waals surface area contributed by atoms with Crippen molar-refractivity contribution in [2.45, 2.75) is 102 Å². The molecule has 1 aromatic heterocycles. The molecule has 0 radical (unpaired) electrons. The predicted molar refractivity (Wildman–Crippen MR) is 172 cm³/mol. The first kappa shape index (κ1) is 31.0. The molecule has 238 valence electrons. The number of amidine groups is 1. The van der Waals surface area contributed by atoms with Crippen molar-refractivity contribution in [1.82, 2.24) is 15.0 Å². The highest BCUT2D eigenvalue weighted by molar-refractivity contribution is 7.92. The number of aliphatic imine (C=N–C) groups is 1. The molecule has 1 aliphatic carbocycles. The van der Waals surface area contributed by atoms with Crippen molar-refractivity contribution in [3.63, 3.8) is 0 Å². The minimum atomic E-state index is -4.05. The number of hydrogen-bond donors (Lipinski definition) is 1. The number of benzene rings is 2. The number of nitrogens with one attached hydrogen (secondary N) is 1. The van der Waals surface area contributed by atoms with E-state index in [2.05, 4.69) is 16.8 Å². The van der Waals surface area contributed by atoms with E-state index in [0.717, 1.165) is 68.3 Å². The number of amides is 2. The van der Waals surface area contributed by atoms with Gasteiger partial charge < -0.3 is 9.42 Å². The highest BCUT2D eigenvalue weighted by Crippen LogP contribution is 2.40. The van der Waals surface area contributed by atoms with Crippen LogP contribution in [0.3, 0.4) is 0 Å². The lowest BCUT2D eigenvalue weighted by Gasteiger charge is -2.24. The van der Waals surface area contributed by atoms with Crippen molar-refractivity contribution < 1.29 is 22.5 Å². The molecule has 3 aromatic rings. The maximum atomic E-state index is 13.8. The first-order chi connectivity index (χ1) is 21.6. The summed E-state index contributed by atoms with van der Waals surface area (Å²) >= 11 is 0. The first-order valence-corrected chi connectivity index (χ1v) is 17.5. The molecular weight excluding hydrogens is 590 g/mol. The van der Waals surface area contributed by atoms with E-state index in [4.69, 9.17) is 9.52 Å². The van der Waals surface area contributed by atoms with Crippen LogP contribution in [0.15, 0.2) is 56.9 Å². The molecule has 0 unspecified atom stereocenters. The third-order valence-electron chi connectivity index (χ3n) is 9.38. The van der Waals surface area contributed by atoms with Crippen molar-refractivity contribution in [1.29, 1.82) is 0 Å². The number of likely N-dealkylation sites (tertiary alicyclic amines) is 1. The van der Waals surface area contributed by atoms with Crippen LogP contribution in [0.5, 0.6) is 0 Å². The van der Waals surface area contributed by atoms with Gasteiger partial charge in [-0.25, -0.2) is 13.1 Å². The Labute approximate surface area is 264 Å². The zero-order valence-electron chi connectivity index (χ0n) is 26.3. The van der Waals surface area contributed by atoms with E-state index in [1.165, 1.54) is 0 Å². The number of aromatic nitrogens is 1. The highest BCUT2D eigenvalue weighted by Gasteiger charge is 2.49. The summed E-state index contributed by atoms with van der Waals surface area (Å²) in [5.74, 6) is 1.12. The first-order valence-electron chi connectivity index (χ1n) is 16.0. The fraction of sp³-hybridized carbons (Fsp3) is 0.471. The van der Waals surface area contributed by atoms with Gasteiger partial charge in [-0.05, 0) is 62.3 Å². The minimum Gasteiger partial charge on any atom is -0.338 e. The fourth-order valence-electron chi connectivity index (χ4n) is 6.71. The second-order valence-corrected chi connectivity index (χ2v) is 14.1. The van der Waals surface area contributed by atoms with Gasteiger partial charge in [0.25, 0.3) is 15.9 Å². The van der Waals surface area contributed by atoms with Crippen molar-refractivity contribution in [2.24, 2.45) is 4.99 Å². The Morgan fingerprint density at radius 3 is 2.47 bits per heavy atom. The largest absolute Gasteiger partial charge is 0.338 e. The summed E-state index contributed by atoms with van der Waals surface area (Å²) in [6.45, 7) is 7.01. The third-order valence-corrected chi connectivity index (χ3v) is 10.8. The van der Waals surface area contributed by atoms with E-state index in [9.17, 15) is 18.0 Å². The van der Waals surface area contributed by atoms with E-state index in [0.29, 0.717) is 48.4 Å². The van der Waals surface area contributed by atoms with E-state index in [1.807, 2.05) is 28.0 Å². The van der Waals surface area contributed by atoms with Gasteiger partial charge in [0.1, 0.15) is 11.4 Å². The topological polar surface area (TPSA) is 125 Å². The number of nitrogens with zero attached hydrogens (tertiary/aromatic N) is 4. The summed E-state index contributed by atoms with van der Waals surface area (Å²) in [5, 5.41) is 3.88. The predicted octanol–water partition coefficient (Wildman–Crippen LogP) is 6.13. The average Bonchev–Trinajstić information content (AvgIpc) is 3.80. The van der Waals surface area contributed by atoms with Crippen LogP contribution >= 0.6 is 0 Å². The Morgan fingerprint density at radius 2 is 1.78 bits per heavy atom. The summed E-state index contributed by atoms with van der Waals surface area (Å²) in [6, 6.07) is 12.7. The van der Waals surface area contributed by atoms with Crippen LogP contribution in [0.2, 0.25) is 0 Å². The standard InChI is InChI=1S/C34H41N5O5S/c1-4-5-13-30-35-34(17-8-9-18-34)33(41)39(30)21-25-15-16-27(26(20-25)22-38-19-10-14-31(38)40)28-11-6-7-12-29(28)45(42,43)37-32-23(2)24(3)36-44-32/h6-7,11-12,15-16,20,37H,4-5,8-10,13-14,17-19,21-22H2,1-3H3. The van der Waals surface area contributed by atoms with Crippen molar-refractivity contribution in [2.75, 3.05) is 11.3 Å². The lowest BCUT2D eigenvalue weighted by molar-refractivity contribution is -0.131. The number of unbranched alkanes of at least 4 members (excludes halogenated alkanes) is 1. The van der Waals surface area contributed by atoms with E-state index < -0.39 is 15.6 Å². The molecule has 2 fully saturated rings. The van der Waals surface area contributed by atoms with Crippen LogP contribution in [0.25, 0.3) is 11.1 Å². The number of anilines is 1. The average molecular weight is 632 g/mol. The molecular formula is C34H41N5O5S. The van der Waals surface area contributed by atoms with Gasteiger partial charge in [-0.15, -0.1) is 0 Å². The Kier molecular flexibility index (Phi) is 8.56. The summed E-state index contributed by atoms with van der Waals surface area (Å²) in [4.78, 5) is 35.3. The Bertz CT molecular complexity index is 1760. The van der Waals surface area contributed by atoms with Crippen LogP contribution in [-0.4, -0.2) is 53.1 Å². The molecule has 11 heteroatoms. The molecule has 2 amide bonds. The van der Waals surface area contributed by atoms with Crippen LogP contribution in [0.1, 0.15) is 87.1 Å². The lowest BCUT2D eigenvalue weighted by atomic mass is 9.96. The van der Waals surface area contributed by atoms with Crippen LogP contribution in [0.4, 0.5) is 5.88 Å². The molecule has 10 nitrogen and oxygen atoms in total. The summed E-state index contributed by atoms with van der Waals surface area (Å²) in [5.41, 5.74) is 3.57. The molecule has 2 aromatic carbocycles. The Hall–Kier alpha value is -3.99. The molecule has 3 aliphatic rings. The van der Waals surface area contributed by atoms with Gasteiger partial charge in [0.2, 0.25) is 11.8 Å². The van der Waals surface area contributed by atoms with Gasteiger partial charge in [0, 0.05) is 37.1 Å². The van der Waals surface area contributed by atoms with Crippen molar-refractivity contribution in [3.8, 4) is 11.1 Å². The number of sulfonamides is 1. The molecule has 0 bridgehead atoms. The second kappa shape index (κ2) is 12.4. The lowest BCUT2D eigenvalue weighted by Crippen LogP contribution is -2.40. The molecule has 2 aliphatic heterocycles. The minimum absolute atomic E-state index is 0.0800. The van der Waals surface area contributed by atoms with E-state index >= 15 is 0 Å². The summed E-state index contributed by atoms with van der Waals surface area (Å²) in [7, 11) is -4.05. The number of hydrogen-bond acceptors (Lipinski definition) is 7. The quantitative estimate of drug-likeness (QED) is 0.272. The maximum Gasteiger partial charge on any atom is 0.264 e. The number of rotatable bonds is 11. The molecule has 6 rings (SSSR count). The van der Waals surface area contributed by atoms with Gasteiger partial charge in [0.15, 0.2) is 0 Å². The smallest absolute Gasteiger partial charge is 0.264 e. The molecule has 0 atom stereocenters. The SMILES string of the molecule is CCCCC1=NC2(CCCC2)C(=O)N1Cc1ccc(-c2ccccc2S(=O)(=O)Nc2onc(C)c2C)c(CN2CCCC2=O)c1. The molecule has 1 N–H and O–H groups in total. The van der Waals surface area contributed by atoms with Crippen LogP contribution in [-0.2, 0) is 32.7 Å². The van der Waals surface area contributed by atoms with Gasteiger partial charge in [0.05, 0.1) is 17.1 Å². The van der Waals surface area contributed by atoms with Crippen molar-refractivity contribution >= 4 is 33.6 Å².